The number of carbonyl (C=O) groups is 1. The van der Waals surface area contributed by atoms with Crippen LogP contribution in [0.2, 0.25) is 0 Å². The second-order valence-corrected chi connectivity index (χ2v) is 4.30. The number of nitro benzene ring substituents is 1. The summed E-state index contributed by atoms with van der Waals surface area (Å²) in [6.45, 7) is 3.50. The molecule has 0 aliphatic heterocycles. The molecule has 0 unspecified atom stereocenters. The molecular weight excluding hydrogens is 262 g/mol. The van der Waals surface area contributed by atoms with Crippen molar-refractivity contribution in [2.75, 3.05) is 0 Å². The Labute approximate surface area is 115 Å². The number of hydrogen-bond acceptors (Lipinski definition) is 5. The van der Waals surface area contributed by atoms with Crippen LogP contribution in [-0.4, -0.2) is 22.0 Å². The summed E-state index contributed by atoms with van der Waals surface area (Å²) in [4.78, 5) is 21.6. The first kappa shape index (κ1) is 15.2. The molecule has 1 aromatic carbocycles. The summed E-state index contributed by atoms with van der Waals surface area (Å²) in [5, 5.41) is 31.5. The molecule has 0 bridgehead atoms. The molecule has 2 N–H and O–H groups in total. The van der Waals surface area contributed by atoms with E-state index in [0.29, 0.717) is 0 Å². The Bertz CT molecular complexity index is 615. The second-order valence-electron chi connectivity index (χ2n) is 4.30. The fourth-order valence-corrected chi connectivity index (χ4v) is 1.43. The third kappa shape index (κ3) is 3.81. The van der Waals surface area contributed by atoms with E-state index in [1.165, 1.54) is 12.1 Å². The molecule has 1 rings (SSSR count). The Hall–Kier alpha value is -2.88. The van der Waals surface area contributed by atoms with Crippen molar-refractivity contribution >= 4 is 17.7 Å². The number of nitrogens with zero attached hydrogens (tertiary/aromatic N) is 2. The van der Waals surface area contributed by atoms with E-state index in [-0.39, 0.29) is 17.2 Å². The van der Waals surface area contributed by atoms with Crippen molar-refractivity contribution in [2.24, 2.45) is 0 Å². The molecule has 0 aliphatic carbocycles. The molecule has 0 saturated heterocycles. The molecule has 104 valence electrons. The average molecular weight is 275 g/mol. The standard InChI is InChI=1S/C13H13N3O4/c1-8(2)15-13(18)10(7-14)5-9-3-4-12(17)11(6-9)16(19)20/h3-6,8,17H,1-2H3,(H,15,18)/b10-5+. The molecule has 0 heterocycles. The van der Waals surface area contributed by atoms with E-state index in [4.69, 9.17) is 5.26 Å². The fraction of sp³-hybridized carbons (Fsp3) is 0.231. The second kappa shape index (κ2) is 6.33. The summed E-state index contributed by atoms with van der Waals surface area (Å²) < 4.78 is 0. The fourth-order valence-electron chi connectivity index (χ4n) is 1.43. The van der Waals surface area contributed by atoms with Gasteiger partial charge in [-0.05, 0) is 31.6 Å². The van der Waals surface area contributed by atoms with Crippen LogP contribution in [-0.2, 0) is 4.79 Å². The number of carbonyl (C=O) groups excluding carboxylic acids is 1. The molecular formula is C13H13N3O4. The SMILES string of the molecule is CC(C)NC(=O)/C(C#N)=C/c1ccc(O)c([N+](=O)[O-])c1. The predicted octanol–water partition coefficient (Wildman–Crippen LogP) is 1.73. The van der Waals surface area contributed by atoms with Crippen LogP contribution in [0.5, 0.6) is 5.75 Å². The maximum atomic E-state index is 11.7. The topological polar surface area (TPSA) is 116 Å². The van der Waals surface area contributed by atoms with Crippen LogP contribution in [0.1, 0.15) is 19.4 Å². The average Bonchev–Trinajstić information content (AvgIpc) is 2.36. The van der Waals surface area contributed by atoms with E-state index < -0.39 is 22.3 Å². The Kier molecular flexibility index (Phi) is 4.81. The van der Waals surface area contributed by atoms with Gasteiger partial charge in [-0.3, -0.25) is 14.9 Å². The molecule has 1 amide bonds. The predicted molar refractivity (Wildman–Crippen MR) is 71.6 cm³/mol. The van der Waals surface area contributed by atoms with Gasteiger partial charge in [0.15, 0.2) is 5.75 Å². The maximum Gasteiger partial charge on any atom is 0.311 e. The van der Waals surface area contributed by atoms with Gasteiger partial charge in [-0.15, -0.1) is 0 Å². The van der Waals surface area contributed by atoms with Gasteiger partial charge in [-0.1, -0.05) is 6.07 Å². The van der Waals surface area contributed by atoms with Crippen molar-refractivity contribution < 1.29 is 14.8 Å². The van der Waals surface area contributed by atoms with Crippen molar-refractivity contribution in [1.29, 1.82) is 5.26 Å². The van der Waals surface area contributed by atoms with Crippen molar-refractivity contribution in [1.82, 2.24) is 5.32 Å². The van der Waals surface area contributed by atoms with Crippen LogP contribution in [0.4, 0.5) is 5.69 Å². The van der Waals surface area contributed by atoms with Gasteiger partial charge in [-0.2, -0.15) is 5.26 Å². The summed E-state index contributed by atoms with van der Waals surface area (Å²) >= 11 is 0. The lowest BCUT2D eigenvalue weighted by molar-refractivity contribution is -0.385. The highest BCUT2D eigenvalue weighted by Crippen LogP contribution is 2.27. The van der Waals surface area contributed by atoms with Crippen molar-refractivity contribution in [2.45, 2.75) is 19.9 Å². The number of benzene rings is 1. The lowest BCUT2D eigenvalue weighted by atomic mass is 10.1. The number of aromatic hydroxyl groups is 1. The highest BCUT2D eigenvalue weighted by Gasteiger charge is 2.15. The zero-order chi connectivity index (χ0) is 15.3. The van der Waals surface area contributed by atoms with Gasteiger partial charge in [0.25, 0.3) is 5.91 Å². The van der Waals surface area contributed by atoms with Crippen molar-refractivity contribution in [3.63, 3.8) is 0 Å². The van der Waals surface area contributed by atoms with E-state index in [0.717, 1.165) is 12.1 Å². The van der Waals surface area contributed by atoms with Crippen LogP contribution in [0.3, 0.4) is 0 Å². The first-order valence-electron chi connectivity index (χ1n) is 5.75. The number of nitrogens with one attached hydrogen (secondary N) is 1. The molecule has 1 aromatic rings. The normalized spacial score (nSPS) is 11.0. The van der Waals surface area contributed by atoms with Gasteiger partial charge in [0.05, 0.1) is 4.92 Å². The minimum Gasteiger partial charge on any atom is -0.502 e. The van der Waals surface area contributed by atoms with Crippen molar-refractivity contribution in [3.05, 3.63) is 39.4 Å². The largest absolute Gasteiger partial charge is 0.502 e. The molecule has 7 nitrogen and oxygen atoms in total. The quantitative estimate of drug-likeness (QED) is 0.375. The molecule has 0 fully saturated rings. The lowest BCUT2D eigenvalue weighted by Gasteiger charge is -2.07. The highest BCUT2D eigenvalue weighted by atomic mass is 16.6. The Balaban J connectivity index is 3.14. The van der Waals surface area contributed by atoms with Gasteiger partial charge < -0.3 is 10.4 Å². The summed E-state index contributed by atoms with van der Waals surface area (Å²) in [6.07, 6.45) is 1.23. The summed E-state index contributed by atoms with van der Waals surface area (Å²) in [5.41, 5.74) is -0.371. The van der Waals surface area contributed by atoms with Crippen LogP contribution in [0.15, 0.2) is 23.8 Å². The summed E-state index contributed by atoms with van der Waals surface area (Å²) in [7, 11) is 0. The van der Waals surface area contributed by atoms with Gasteiger partial charge in [-0.25, -0.2) is 0 Å². The molecule has 7 heteroatoms. The monoisotopic (exact) mass is 275 g/mol. The number of amides is 1. The number of rotatable bonds is 4. The Morgan fingerprint density at radius 1 is 1.55 bits per heavy atom. The van der Waals surface area contributed by atoms with Gasteiger partial charge >= 0.3 is 5.69 Å². The lowest BCUT2D eigenvalue weighted by Crippen LogP contribution is -2.30. The van der Waals surface area contributed by atoms with Gasteiger partial charge in [0.1, 0.15) is 11.6 Å². The smallest absolute Gasteiger partial charge is 0.311 e. The molecule has 0 spiro atoms. The zero-order valence-corrected chi connectivity index (χ0v) is 11.0. The van der Waals surface area contributed by atoms with Crippen molar-refractivity contribution in [3.8, 4) is 11.8 Å². The number of nitro groups is 1. The third-order valence-corrected chi connectivity index (χ3v) is 2.29. The minimum atomic E-state index is -0.743. The molecule has 0 saturated carbocycles. The first-order chi connectivity index (χ1) is 9.35. The molecule has 20 heavy (non-hydrogen) atoms. The van der Waals surface area contributed by atoms with E-state index in [1.54, 1.807) is 19.9 Å². The molecule has 0 aromatic heterocycles. The maximum absolute atomic E-state index is 11.7. The van der Waals surface area contributed by atoms with Crippen LogP contribution in [0.25, 0.3) is 6.08 Å². The van der Waals surface area contributed by atoms with Gasteiger partial charge in [0.2, 0.25) is 0 Å². The van der Waals surface area contributed by atoms with E-state index in [2.05, 4.69) is 5.32 Å². The number of phenolic OH excluding ortho intramolecular Hbond substituents is 1. The van der Waals surface area contributed by atoms with E-state index in [9.17, 15) is 20.0 Å². The van der Waals surface area contributed by atoms with E-state index in [1.807, 2.05) is 0 Å². The zero-order valence-electron chi connectivity index (χ0n) is 11.0. The van der Waals surface area contributed by atoms with Crippen LogP contribution < -0.4 is 5.32 Å². The van der Waals surface area contributed by atoms with Gasteiger partial charge in [0, 0.05) is 12.1 Å². The molecule has 0 atom stereocenters. The van der Waals surface area contributed by atoms with Crippen LogP contribution in [0, 0.1) is 21.4 Å². The highest BCUT2D eigenvalue weighted by molar-refractivity contribution is 6.01. The summed E-state index contributed by atoms with van der Waals surface area (Å²) in [6, 6.07) is 5.21. The molecule has 0 aliphatic rings. The number of hydrogen-bond donors (Lipinski definition) is 2. The summed E-state index contributed by atoms with van der Waals surface area (Å²) in [5.74, 6) is -1.03. The number of nitriles is 1. The Morgan fingerprint density at radius 2 is 2.20 bits per heavy atom. The van der Waals surface area contributed by atoms with E-state index >= 15 is 0 Å². The Morgan fingerprint density at radius 3 is 2.70 bits per heavy atom. The first-order valence-corrected chi connectivity index (χ1v) is 5.75. The minimum absolute atomic E-state index is 0.131. The number of phenols is 1. The van der Waals surface area contributed by atoms with Crippen LogP contribution >= 0.6 is 0 Å². The molecule has 0 radical (unpaired) electrons. The third-order valence-electron chi connectivity index (χ3n) is 2.29.